The molecule has 0 unspecified atom stereocenters. The number of benzene rings is 2. The Morgan fingerprint density at radius 2 is 1.72 bits per heavy atom. The standard InChI is InChI=1S/C20H22N4O3S2/c1-3-4-15-7-11-17(12-8-15)29(26,27)21-13-18-23-24-20(28-18)19(25)22-16-9-5-14(2)6-10-16/h5-12,21H,3-4,13H2,1-2H3,(H,22,25). The third-order valence-electron chi connectivity index (χ3n) is 4.16. The lowest BCUT2D eigenvalue weighted by molar-refractivity contribution is 0.102. The molecule has 0 atom stereocenters. The zero-order valence-corrected chi connectivity index (χ0v) is 17.8. The summed E-state index contributed by atoms with van der Waals surface area (Å²) in [6, 6.07) is 14.2. The third-order valence-corrected chi connectivity index (χ3v) is 6.50. The Bertz CT molecular complexity index is 1080. The first-order chi connectivity index (χ1) is 13.9. The van der Waals surface area contributed by atoms with Crippen LogP contribution in [0.4, 0.5) is 5.69 Å². The van der Waals surface area contributed by atoms with Crippen LogP contribution in [0, 0.1) is 6.92 Å². The summed E-state index contributed by atoms with van der Waals surface area (Å²) in [6.07, 6.45) is 1.91. The van der Waals surface area contributed by atoms with E-state index in [1.165, 1.54) is 0 Å². The van der Waals surface area contributed by atoms with Gasteiger partial charge in [-0.1, -0.05) is 54.5 Å². The van der Waals surface area contributed by atoms with Gasteiger partial charge in [0.25, 0.3) is 5.91 Å². The van der Waals surface area contributed by atoms with E-state index < -0.39 is 10.0 Å². The summed E-state index contributed by atoms with van der Waals surface area (Å²) in [4.78, 5) is 12.5. The van der Waals surface area contributed by atoms with Crippen LogP contribution in [0.15, 0.2) is 53.4 Å². The molecule has 0 fully saturated rings. The summed E-state index contributed by atoms with van der Waals surface area (Å²) in [5, 5.41) is 11.1. The zero-order chi connectivity index (χ0) is 20.9. The molecule has 1 heterocycles. The number of hydrogen-bond donors (Lipinski definition) is 2. The first kappa shape index (κ1) is 21.1. The van der Waals surface area contributed by atoms with Gasteiger partial charge in [0.15, 0.2) is 0 Å². The molecular weight excluding hydrogens is 408 g/mol. The first-order valence-corrected chi connectivity index (χ1v) is 11.5. The van der Waals surface area contributed by atoms with Crippen molar-refractivity contribution in [1.82, 2.24) is 14.9 Å². The van der Waals surface area contributed by atoms with Gasteiger partial charge in [0.05, 0.1) is 11.4 Å². The Hall–Kier alpha value is -2.62. The molecule has 29 heavy (non-hydrogen) atoms. The predicted molar refractivity (Wildman–Crippen MR) is 114 cm³/mol. The molecule has 0 saturated heterocycles. The molecule has 9 heteroatoms. The number of aromatic nitrogens is 2. The smallest absolute Gasteiger partial charge is 0.286 e. The number of aryl methyl sites for hydroxylation is 2. The molecule has 2 aromatic carbocycles. The predicted octanol–water partition coefficient (Wildman–Crippen LogP) is 3.53. The lowest BCUT2D eigenvalue weighted by atomic mass is 10.1. The number of amides is 1. The number of sulfonamides is 1. The van der Waals surface area contributed by atoms with Crippen LogP contribution in [-0.4, -0.2) is 24.5 Å². The highest BCUT2D eigenvalue weighted by Gasteiger charge is 2.17. The van der Waals surface area contributed by atoms with Gasteiger partial charge in [-0.05, 0) is 43.2 Å². The lowest BCUT2D eigenvalue weighted by Crippen LogP contribution is -2.23. The maximum Gasteiger partial charge on any atom is 0.286 e. The lowest BCUT2D eigenvalue weighted by Gasteiger charge is -2.06. The molecule has 0 aliphatic heterocycles. The maximum atomic E-state index is 12.5. The van der Waals surface area contributed by atoms with Crippen LogP contribution < -0.4 is 10.0 Å². The van der Waals surface area contributed by atoms with E-state index in [0.717, 1.165) is 35.3 Å². The monoisotopic (exact) mass is 430 g/mol. The normalized spacial score (nSPS) is 11.4. The van der Waals surface area contributed by atoms with Crippen LogP contribution in [0.5, 0.6) is 0 Å². The van der Waals surface area contributed by atoms with Crippen LogP contribution in [-0.2, 0) is 23.0 Å². The minimum Gasteiger partial charge on any atom is -0.320 e. The van der Waals surface area contributed by atoms with E-state index in [1.807, 2.05) is 31.2 Å². The van der Waals surface area contributed by atoms with E-state index >= 15 is 0 Å². The van der Waals surface area contributed by atoms with Crippen molar-refractivity contribution >= 4 is 33.0 Å². The number of rotatable bonds is 8. The number of hydrogen-bond acceptors (Lipinski definition) is 6. The van der Waals surface area contributed by atoms with Crippen molar-refractivity contribution in [3.8, 4) is 0 Å². The van der Waals surface area contributed by atoms with Gasteiger partial charge >= 0.3 is 0 Å². The van der Waals surface area contributed by atoms with Crippen molar-refractivity contribution in [1.29, 1.82) is 0 Å². The van der Waals surface area contributed by atoms with Gasteiger partial charge in [0.2, 0.25) is 15.0 Å². The Morgan fingerprint density at radius 1 is 1.03 bits per heavy atom. The van der Waals surface area contributed by atoms with Gasteiger partial charge < -0.3 is 5.32 Å². The quantitative estimate of drug-likeness (QED) is 0.569. The molecule has 1 amide bonds. The zero-order valence-electron chi connectivity index (χ0n) is 16.2. The molecule has 0 radical (unpaired) electrons. The molecule has 0 aliphatic carbocycles. The van der Waals surface area contributed by atoms with E-state index in [9.17, 15) is 13.2 Å². The molecule has 152 valence electrons. The highest BCUT2D eigenvalue weighted by Crippen LogP contribution is 2.16. The van der Waals surface area contributed by atoms with Gasteiger partial charge in [-0.25, -0.2) is 13.1 Å². The second-order valence-corrected chi connectivity index (χ2v) is 9.37. The fourth-order valence-electron chi connectivity index (χ4n) is 2.60. The topological polar surface area (TPSA) is 101 Å². The maximum absolute atomic E-state index is 12.5. The average molecular weight is 431 g/mol. The summed E-state index contributed by atoms with van der Waals surface area (Å²) in [7, 11) is -3.67. The fourth-order valence-corrected chi connectivity index (χ4v) is 4.36. The second-order valence-electron chi connectivity index (χ2n) is 6.54. The van der Waals surface area contributed by atoms with Crippen LogP contribution in [0.3, 0.4) is 0 Å². The molecule has 3 rings (SSSR count). The molecule has 0 spiro atoms. The van der Waals surface area contributed by atoms with Crippen molar-refractivity contribution < 1.29 is 13.2 Å². The average Bonchev–Trinajstić information content (AvgIpc) is 3.18. The molecule has 7 nitrogen and oxygen atoms in total. The van der Waals surface area contributed by atoms with Crippen molar-refractivity contribution in [3.05, 3.63) is 69.7 Å². The van der Waals surface area contributed by atoms with Crippen LogP contribution in [0.2, 0.25) is 0 Å². The van der Waals surface area contributed by atoms with Gasteiger partial charge in [-0.15, -0.1) is 10.2 Å². The Kier molecular flexibility index (Phi) is 6.73. The first-order valence-electron chi connectivity index (χ1n) is 9.16. The highest BCUT2D eigenvalue weighted by molar-refractivity contribution is 7.89. The number of carbonyl (C=O) groups is 1. The fraction of sp³-hybridized carbons (Fsp3) is 0.250. The summed E-state index contributed by atoms with van der Waals surface area (Å²) in [6.45, 7) is 4.00. The minimum atomic E-state index is -3.67. The summed E-state index contributed by atoms with van der Waals surface area (Å²) >= 11 is 1.05. The highest BCUT2D eigenvalue weighted by atomic mass is 32.2. The van der Waals surface area contributed by atoms with Gasteiger partial charge in [0, 0.05) is 5.69 Å². The summed E-state index contributed by atoms with van der Waals surface area (Å²) in [5.74, 6) is -0.382. The largest absolute Gasteiger partial charge is 0.320 e. The van der Waals surface area contributed by atoms with Crippen molar-refractivity contribution in [3.63, 3.8) is 0 Å². The summed E-state index contributed by atoms with van der Waals surface area (Å²) < 4.78 is 27.4. The number of nitrogens with zero attached hydrogens (tertiary/aromatic N) is 2. The number of carbonyl (C=O) groups excluding carboxylic acids is 1. The molecule has 1 aromatic heterocycles. The van der Waals surface area contributed by atoms with E-state index in [2.05, 4.69) is 27.2 Å². The molecule has 3 aromatic rings. The molecule has 0 aliphatic rings. The third kappa shape index (κ3) is 5.69. The second kappa shape index (κ2) is 9.25. The number of nitrogens with one attached hydrogen (secondary N) is 2. The van der Waals surface area contributed by atoms with Gasteiger partial charge in [0.1, 0.15) is 5.01 Å². The van der Waals surface area contributed by atoms with Crippen LogP contribution >= 0.6 is 11.3 Å². The van der Waals surface area contributed by atoms with E-state index in [0.29, 0.717) is 10.7 Å². The Labute approximate surface area is 174 Å². The van der Waals surface area contributed by atoms with Gasteiger partial charge in [-0.2, -0.15) is 0 Å². The van der Waals surface area contributed by atoms with Crippen molar-refractivity contribution in [2.45, 2.75) is 38.1 Å². The molecule has 0 saturated carbocycles. The van der Waals surface area contributed by atoms with Crippen molar-refractivity contribution in [2.24, 2.45) is 0 Å². The Morgan fingerprint density at radius 3 is 2.38 bits per heavy atom. The minimum absolute atomic E-state index is 0.0332. The van der Waals surface area contributed by atoms with Crippen molar-refractivity contribution in [2.75, 3.05) is 5.32 Å². The molecule has 2 N–H and O–H groups in total. The van der Waals surface area contributed by atoms with E-state index in [1.54, 1.807) is 24.3 Å². The van der Waals surface area contributed by atoms with E-state index in [-0.39, 0.29) is 22.4 Å². The van der Waals surface area contributed by atoms with E-state index in [4.69, 9.17) is 0 Å². The number of anilines is 1. The van der Waals surface area contributed by atoms with Crippen LogP contribution in [0.1, 0.15) is 39.3 Å². The molecule has 0 bridgehead atoms. The van der Waals surface area contributed by atoms with Gasteiger partial charge in [-0.3, -0.25) is 4.79 Å². The summed E-state index contributed by atoms with van der Waals surface area (Å²) in [5.41, 5.74) is 2.85. The SMILES string of the molecule is CCCc1ccc(S(=O)(=O)NCc2nnc(C(=O)Nc3ccc(C)cc3)s2)cc1. The molecular formula is C20H22N4O3S2. The van der Waals surface area contributed by atoms with Crippen LogP contribution in [0.25, 0.3) is 0 Å². The Balaban J connectivity index is 1.60.